The highest BCUT2D eigenvalue weighted by Crippen LogP contribution is 2.27. The van der Waals surface area contributed by atoms with Crippen molar-refractivity contribution in [3.05, 3.63) is 51.1 Å². The molecule has 0 radical (unpaired) electrons. The van der Waals surface area contributed by atoms with Gasteiger partial charge in [-0.2, -0.15) is 0 Å². The van der Waals surface area contributed by atoms with Crippen LogP contribution >= 0.6 is 34.2 Å². The first-order valence-corrected chi connectivity index (χ1v) is 10.5. The Labute approximate surface area is 185 Å². The Hall–Kier alpha value is -2.40. The maximum atomic E-state index is 12.8. The zero-order chi connectivity index (χ0) is 20.5. The number of carboxylic acid groups (broad SMARTS) is 1. The SMILES string of the molecule is O=C(O)C1CCN(C(=O)c2ccc(Nc3nccn4c(I)cnc34)cc2Cl)CC1. The lowest BCUT2D eigenvalue weighted by Crippen LogP contribution is -2.40. The Kier molecular flexibility index (Phi) is 5.59. The number of nitrogens with zero attached hydrogens (tertiary/aromatic N) is 4. The van der Waals surface area contributed by atoms with Gasteiger partial charge in [-0.05, 0) is 53.6 Å². The molecule has 4 rings (SSSR count). The molecule has 1 amide bonds. The Morgan fingerprint density at radius 3 is 2.69 bits per heavy atom. The van der Waals surface area contributed by atoms with E-state index < -0.39 is 5.97 Å². The van der Waals surface area contributed by atoms with Crippen LogP contribution in [-0.2, 0) is 4.79 Å². The first-order chi connectivity index (χ1) is 13.9. The monoisotopic (exact) mass is 525 g/mol. The average molecular weight is 526 g/mol. The second-order valence-electron chi connectivity index (χ2n) is 6.77. The van der Waals surface area contributed by atoms with Gasteiger partial charge in [0.25, 0.3) is 5.91 Å². The number of carboxylic acids is 1. The molecule has 0 unspecified atom stereocenters. The number of likely N-dealkylation sites (tertiary alicyclic amines) is 1. The van der Waals surface area contributed by atoms with E-state index >= 15 is 0 Å². The molecule has 2 aromatic heterocycles. The molecule has 1 aromatic carbocycles. The van der Waals surface area contributed by atoms with Gasteiger partial charge < -0.3 is 15.3 Å². The quantitative estimate of drug-likeness (QED) is 0.504. The van der Waals surface area contributed by atoms with Gasteiger partial charge in [-0.25, -0.2) is 9.97 Å². The van der Waals surface area contributed by atoms with Crippen LogP contribution in [0, 0.1) is 9.62 Å². The number of benzene rings is 1. The van der Waals surface area contributed by atoms with E-state index in [4.69, 9.17) is 16.7 Å². The summed E-state index contributed by atoms with van der Waals surface area (Å²) in [4.78, 5) is 34.2. The van der Waals surface area contributed by atoms with Gasteiger partial charge in [-0.3, -0.25) is 14.0 Å². The highest BCUT2D eigenvalue weighted by Gasteiger charge is 2.28. The predicted molar refractivity (Wildman–Crippen MR) is 117 cm³/mol. The fourth-order valence-electron chi connectivity index (χ4n) is 3.38. The average Bonchev–Trinajstić information content (AvgIpc) is 3.10. The molecule has 0 saturated carbocycles. The van der Waals surface area contributed by atoms with E-state index in [0.717, 1.165) is 3.70 Å². The fourth-order valence-corrected chi connectivity index (χ4v) is 4.17. The zero-order valence-corrected chi connectivity index (χ0v) is 18.1. The third-order valence-corrected chi connectivity index (χ3v) is 6.09. The molecule has 1 aliphatic rings. The standard InChI is InChI=1S/C19H17ClIN5O3/c20-14-9-12(24-16-17-23-10-15(21)26(17)8-5-22-16)1-2-13(14)18(27)25-6-3-11(4-7-25)19(28)29/h1-2,5,8-11H,3-4,6-7H2,(H,22,24)(H,28,29). The lowest BCUT2D eigenvalue weighted by molar-refractivity contribution is -0.143. The zero-order valence-electron chi connectivity index (χ0n) is 15.2. The van der Waals surface area contributed by atoms with Crippen molar-refractivity contribution in [2.45, 2.75) is 12.8 Å². The van der Waals surface area contributed by atoms with Crippen LogP contribution in [-0.4, -0.2) is 49.3 Å². The second kappa shape index (κ2) is 8.15. The summed E-state index contributed by atoms with van der Waals surface area (Å²) < 4.78 is 2.88. The van der Waals surface area contributed by atoms with E-state index in [1.54, 1.807) is 35.5 Å². The summed E-state index contributed by atoms with van der Waals surface area (Å²) in [6.07, 6.45) is 6.18. The number of carbonyl (C=O) groups excluding carboxylic acids is 1. The number of rotatable bonds is 4. The number of imidazole rings is 1. The van der Waals surface area contributed by atoms with Crippen LogP contribution in [0.4, 0.5) is 11.5 Å². The summed E-state index contributed by atoms with van der Waals surface area (Å²) in [5.41, 5.74) is 1.77. The van der Waals surface area contributed by atoms with Crippen LogP contribution in [0.5, 0.6) is 0 Å². The number of nitrogens with one attached hydrogen (secondary N) is 1. The maximum absolute atomic E-state index is 12.8. The number of anilines is 2. The molecular formula is C19H17ClIN5O3. The summed E-state index contributed by atoms with van der Waals surface area (Å²) in [6, 6.07) is 5.12. The third kappa shape index (κ3) is 4.01. The summed E-state index contributed by atoms with van der Waals surface area (Å²) in [6.45, 7) is 0.827. The van der Waals surface area contributed by atoms with Gasteiger partial charge in [0.2, 0.25) is 0 Å². The molecule has 1 fully saturated rings. The number of aliphatic carboxylic acids is 1. The molecule has 8 nitrogen and oxygen atoms in total. The Balaban J connectivity index is 1.51. The van der Waals surface area contributed by atoms with Crippen LogP contribution in [0.2, 0.25) is 5.02 Å². The Morgan fingerprint density at radius 1 is 1.24 bits per heavy atom. The molecule has 2 N–H and O–H groups in total. The van der Waals surface area contributed by atoms with Gasteiger partial charge in [0.1, 0.15) is 3.70 Å². The number of hydrogen-bond donors (Lipinski definition) is 2. The van der Waals surface area contributed by atoms with Crippen molar-refractivity contribution in [3.63, 3.8) is 0 Å². The van der Waals surface area contributed by atoms with Gasteiger partial charge in [-0.15, -0.1) is 0 Å². The Morgan fingerprint density at radius 2 is 2.00 bits per heavy atom. The number of amides is 1. The molecule has 0 spiro atoms. The van der Waals surface area contributed by atoms with Crippen molar-refractivity contribution in [1.29, 1.82) is 0 Å². The third-order valence-electron chi connectivity index (χ3n) is 4.98. The van der Waals surface area contributed by atoms with Crippen LogP contribution < -0.4 is 5.32 Å². The maximum Gasteiger partial charge on any atom is 0.306 e. The number of aromatic nitrogens is 3. The van der Waals surface area contributed by atoms with Crippen LogP contribution in [0.3, 0.4) is 0 Å². The van der Waals surface area contributed by atoms with Crippen molar-refractivity contribution in [2.75, 3.05) is 18.4 Å². The predicted octanol–water partition coefficient (Wildman–Crippen LogP) is 3.67. The summed E-state index contributed by atoms with van der Waals surface area (Å²) in [7, 11) is 0. The molecule has 29 heavy (non-hydrogen) atoms. The van der Waals surface area contributed by atoms with Crippen molar-refractivity contribution >= 4 is 63.2 Å². The fraction of sp³-hybridized carbons (Fsp3) is 0.263. The molecule has 0 atom stereocenters. The number of halogens is 2. The summed E-state index contributed by atoms with van der Waals surface area (Å²) in [5, 5.41) is 12.6. The molecular weight excluding hydrogens is 509 g/mol. The van der Waals surface area contributed by atoms with Gasteiger partial charge in [0.05, 0.1) is 22.7 Å². The summed E-state index contributed by atoms with van der Waals surface area (Å²) in [5.74, 6) is -0.793. The van der Waals surface area contributed by atoms with E-state index in [2.05, 4.69) is 37.9 Å². The van der Waals surface area contributed by atoms with E-state index in [1.165, 1.54) is 0 Å². The van der Waals surface area contributed by atoms with Crippen molar-refractivity contribution < 1.29 is 14.7 Å². The topological polar surface area (TPSA) is 99.8 Å². The minimum absolute atomic E-state index is 0.187. The van der Waals surface area contributed by atoms with Gasteiger partial charge >= 0.3 is 5.97 Å². The van der Waals surface area contributed by atoms with Gasteiger partial charge in [0.15, 0.2) is 11.5 Å². The molecule has 0 bridgehead atoms. The lowest BCUT2D eigenvalue weighted by atomic mass is 9.96. The largest absolute Gasteiger partial charge is 0.481 e. The minimum atomic E-state index is -0.804. The molecule has 10 heteroatoms. The highest BCUT2D eigenvalue weighted by atomic mass is 127. The van der Waals surface area contributed by atoms with E-state index in [0.29, 0.717) is 53.7 Å². The highest BCUT2D eigenvalue weighted by molar-refractivity contribution is 14.1. The van der Waals surface area contributed by atoms with E-state index in [9.17, 15) is 9.59 Å². The number of piperidine rings is 1. The summed E-state index contributed by atoms with van der Waals surface area (Å²) >= 11 is 8.58. The normalized spacial score (nSPS) is 14.9. The number of carbonyl (C=O) groups is 2. The van der Waals surface area contributed by atoms with Crippen LogP contribution in [0.15, 0.2) is 36.8 Å². The van der Waals surface area contributed by atoms with Crippen molar-refractivity contribution in [2.24, 2.45) is 5.92 Å². The first-order valence-electron chi connectivity index (χ1n) is 9.00. The molecule has 1 aliphatic heterocycles. The first kappa shape index (κ1) is 19.9. The second-order valence-corrected chi connectivity index (χ2v) is 8.29. The van der Waals surface area contributed by atoms with Crippen molar-refractivity contribution in [1.82, 2.24) is 19.3 Å². The molecule has 3 aromatic rings. The number of hydrogen-bond acceptors (Lipinski definition) is 5. The minimum Gasteiger partial charge on any atom is -0.481 e. The smallest absolute Gasteiger partial charge is 0.306 e. The van der Waals surface area contributed by atoms with Gasteiger partial charge in [0, 0.05) is 31.2 Å². The Bertz CT molecular complexity index is 1090. The number of fused-ring (bicyclic) bond motifs is 1. The molecule has 150 valence electrons. The molecule has 1 saturated heterocycles. The molecule has 3 heterocycles. The van der Waals surface area contributed by atoms with Crippen molar-refractivity contribution in [3.8, 4) is 0 Å². The lowest BCUT2D eigenvalue weighted by Gasteiger charge is -2.30. The van der Waals surface area contributed by atoms with Crippen LogP contribution in [0.1, 0.15) is 23.2 Å². The van der Waals surface area contributed by atoms with Gasteiger partial charge in [-0.1, -0.05) is 11.6 Å². The molecule has 0 aliphatic carbocycles. The van der Waals surface area contributed by atoms with E-state index in [1.807, 2.05) is 10.6 Å². The van der Waals surface area contributed by atoms with Crippen LogP contribution in [0.25, 0.3) is 5.65 Å². The van der Waals surface area contributed by atoms with E-state index in [-0.39, 0.29) is 11.8 Å².